The highest BCUT2D eigenvalue weighted by Crippen LogP contribution is 2.35. The van der Waals surface area contributed by atoms with Gasteiger partial charge in [-0.3, -0.25) is 14.9 Å². The summed E-state index contributed by atoms with van der Waals surface area (Å²) in [6, 6.07) is 2.59. The van der Waals surface area contributed by atoms with Crippen molar-refractivity contribution in [3.05, 3.63) is 23.8 Å². The van der Waals surface area contributed by atoms with Crippen molar-refractivity contribution in [3.63, 3.8) is 0 Å². The third-order valence-corrected chi connectivity index (χ3v) is 2.94. The molecule has 1 aromatic rings. The summed E-state index contributed by atoms with van der Waals surface area (Å²) in [5.74, 6) is -0.937. The Morgan fingerprint density at radius 1 is 1.30 bits per heavy atom. The molecule has 0 aliphatic carbocycles. The van der Waals surface area contributed by atoms with Crippen molar-refractivity contribution in [1.82, 2.24) is 5.32 Å². The van der Waals surface area contributed by atoms with Gasteiger partial charge in [0.05, 0.1) is 5.56 Å². The number of amides is 2. The monoisotopic (exact) mass is 287 g/mol. The molecule has 1 heterocycles. The lowest BCUT2D eigenvalue weighted by Gasteiger charge is -2.23. The maximum Gasteiger partial charge on any atom is 0.418 e. The van der Waals surface area contributed by atoms with Gasteiger partial charge in [0.1, 0.15) is 6.04 Å². The Balaban J connectivity index is 2.18. The molecule has 2 amide bonds. The number of nitrogen functional groups attached to an aromatic ring is 1. The van der Waals surface area contributed by atoms with Crippen molar-refractivity contribution in [2.24, 2.45) is 0 Å². The maximum absolute atomic E-state index is 12.7. The first-order chi connectivity index (χ1) is 9.27. The topological polar surface area (TPSA) is 84.2 Å². The van der Waals surface area contributed by atoms with Gasteiger partial charge in [0.15, 0.2) is 0 Å². The van der Waals surface area contributed by atoms with Gasteiger partial charge in [0.2, 0.25) is 11.8 Å². The summed E-state index contributed by atoms with van der Waals surface area (Å²) in [5.41, 5.74) is 4.06. The lowest BCUT2D eigenvalue weighted by molar-refractivity contribution is -0.137. The molecular weight excluding hydrogens is 275 g/mol. The SMILES string of the molecule is Nc1ccc(NC2CCC(=O)NC2=O)cc1C(F)(F)F. The van der Waals surface area contributed by atoms with E-state index in [0.29, 0.717) is 0 Å². The molecule has 0 aromatic heterocycles. The van der Waals surface area contributed by atoms with Crippen LogP contribution in [0, 0.1) is 0 Å². The molecule has 1 aliphatic rings. The Kier molecular flexibility index (Phi) is 3.56. The molecule has 5 nitrogen and oxygen atoms in total. The summed E-state index contributed by atoms with van der Waals surface area (Å²) in [6.45, 7) is 0. The van der Waals surface area contributed by atoms with Crippen molar-refractivity contribution >= 4 is 23.2 Å². The van der Waals surface area contributed by atoms with Crippen molar-refractivity contribution in [1.29, 1.82) is 0 Å². The van der Waals surface area contributed by atoms with Crippen LogP contribution in [0.1, 0.15) is 18.4 Å². The standard InChI is InChI=1S/C12H12F3N3O2/c13-12(14,15)7-5-6(1-2-8(7)16)17-9-3-4-10(19)18-11(9)20/h1-2,5,9,17H,3-4,16H2,(H,18,19,20). The zero-order chi connectivity index (χ0) is 14.9. The summed E-state index contributed by atoms with van der Waals surface area (Å²) in [5, 5.41) is 4.79. The lowest BCUT2D eigenvalue weighted by atomic mass is 10.1. The Hall–Kier alpha value is -2.25. The molecular formula is C12H12F3N3O2. The number of anilines is 2. The number of hydrogen-bond acceptors (Lipinski definition) is 4. The van der Waals surface area contributed by atoms with Crippen LogP contribution in [0.5, 0.6) is 0 Å². The maximum atomic E-state index is 12.7. The number of piperidine rings is 1. The summed E-state index contributed by atoms with van der Waals surface area (Å²) in [4.78, 5) is 22.5. The second kappa shape index (κ2) is 5.03. The molecule has 0 saturated carbocycles. The average Bonchev–Trinajstić information content (AvgIpc) is 2.33. The Morgan fingerprint density at radius 2 is 2.00 bits per heavy atom. The van der Waals surface area contributed by atoms with E-state index in [1.807, 2.05) is 0 Å². The van der Waals surface area contributed by atoms with Crippen molar-refractivity contribution < 1.29 is 22.8 Å². The highest BCUT2D eigenvalue weighted by Gasteiger charge is 2.33. The molecule has 1 saturated heterocycles. The van der Waals surface area contributed by atoms with Gasteiger partial charge in [0, 0.05) is 17.8 Å². The van der Waals surface area contributed by atoms with E-state index in [1.165, 1.54) is 6.07 Å². The molecule has 8 heteroatoms. The second-order valence-corrected chi connectivity index (χ2v) is 4.45. The zero-order valence-corrected chi connectivity index (χ0v) is 10.3. The number of imide groups is 1. The van der Waals surface area contributed by atoms with Crippen LogP contribution in [-0.4, -0.2) is 17.9 Å². The molecule has 4 N–H and O–H groups in total. The highest BCUT2D eigenvalue weighted by molar-refractivity contribution is 6.01. The van der Waals surface area contributed by atoms with Crippen LogP contribution in [0.2, 0.25) is 0 Å². The van der Waals surface area contributed by atoms with Crippen molar-refractivity contribution in [2.75, 3.05) is 11.1 Å². The van der Waals surface area contributed by atoms with Crippen LogP contribution in [0.25, 0.3) is 0 Å². The first-order valence-corrected chi connectivity index (χ1v) is 5.84. The van der Waals surface area contributed by atoms with E-state index < -0.39 is 23.7 Å². The van der Waals surface area contributed by atoms with Gasteiger partial charge in [-0.15, -0.1) is 0 Å². The first-order valence-electron chi connectivity index (χ1n) is 5.84. The van der Waals surface area contributed by atoms with Gasteiger partial charge in [-0.2, -0.15) is 13.2 Å². The molecule has 0 radical (unpaired) electrons. The fourth-order valence-electron chi connectivity index (χ4n) is 1.92. The predicted octanol–water partition coefficient (Wildman–Crippen LogP) is 1.50. The van der Waals surface area contributed by atoms with Crippen LogP contribution in [-0.2, 0) is 15.8 Å². The molecule has 1 unspecified atom stereocenters. The van der Waals surface area contributed by atoms with E-state index in [0.717, 1.165) is 12.1 Å². The third-order valence-electron chi connectivity index (χ3n) is 2.94. The first kappa shape index (κ1) is 14.2. The van der Waals surface area contributed by atoms with Gasteiger partial charge in [-0.05, 0) is 24.6 Å². The summed E-state index contributed by atoms with van der Waals surface area (Å²) < 4.78 is 38.1. The van der Waals surface area contributed by atoms with Crippen LogP contribution in [0.15, 0.2) is 18.2 Å². The normalized spacial score (nSPS) is 19.6. The van der Waals surface area contributed by atoms with Gasteiger partial charge in [0.25, 0.3) is 0 Å². The van der Waals surface area contributed by atoms with Crippen LogP contribution in [0.4, 0.5) is 24.5 Å². The molecule has 1 aliphatic heterocycles. The van der Waals surface area contributed by atoms with Crippen LogP contribution in [0.3, 0.4) is 0 Å². The minimum atomic E-state index is -4.56. The van der Waals surface area contributed by atoms with E-state index in [2.05, 4.69) is 10.6 Å². The van der Waals surface area contributed by atoms with E-state index >= 15 is 0 Å². The summed E-state index contributed by atoms with van der Waals surface area (Å²) in [6.07, 6.45) is -4.19. The number of benzene rings is 1. The van der Waals surface area contributed by atoms with E-state index in [4.69, 9.17) is 5.73 Å². The molecule has 0 bridgehead atoms. The number of halogens is 3. The number of alkyl halides is 3. The van der Waals surface area contributed by atoms with Crippen LogP contribution >= 0.6 is 0 Å². The fourth-order valence-corrected chi connectivity index (χ4v) is 1.92. The van der Waals surface area contributed by atoms with Crippen molar-refractivity contribution in [2.45, 2.75) is 25.1 Å². The number of rotatable bonds is 2. The molecule has 108 valence electrons. The number of carbonyl (C=O) groups excluding carboxylic acids is 2. The number of carbonyl (C=O) groups is 2. The molecule has 20 heavy (non-hydrogen) atoms. The Morgan fingerprint density at radius 3 is 2.60 bits per heavy atom. The van der Waals surface area contributed by atoms with Gasteiger partial charge >= 0.3 is 6.18 Å². The predicted molar refractivity (Wildman–Crippen MR) is 65.7 cm³/mol. The Bertz CT molecular complexity index is 557. The van der Waals surface area contributed by atoms with Gasteiger partial charge in [-0.1, -0.05) is 0 Å². The molecule has 1 fully saturated rings. The Labute approximate surface area is 112 Å². The zero-order valence-electron chi connectivity index (χ0n) is 10.3. The largest absolute Gasteiger partial charge is 0.418 e. The minimum absolute atomic E-state index is 0.126. The van der Waals surface area contributed by atoms with E-state index in [9.17, 15) is 22.8 Å². The van der Waals surface area contributed by atoms with Gasteiger partial charge < -0.3 is 11.1 Å². The van der Waals surface area contributed by atoms with E-state index in [-0.39, 0.29) is 30.1 Å². The highest BCUT2D eigenvalue weighted by atomic mass is 19.4. The molecule has 0 spiro atoms. The number of hydrogen-bond donors (Lipinski definition) is 3. The fraction of sp³-hybridized carbons (Fsp3) is 0.333. The third kappa shape index (κ3) is 3.01. The summed E-state index contributed by atoms with van der Waals surface area (Å²) >= 11 is 0. The molecule has 1 aromatic carbocycles. The summed E-state index contributed by atoms with van der Waals surface area (Å²) in [7, 11) is 0. The minimum Gasteiger partial charge on any atom is -0.398 e. The molecule has 1 atom stereocenters. The van der Waals surface area contributed by atoms with Gasteiger partial charge in [-0.25, -0.2) is 0 Å². The van der Waals surface area contributed by atoms with E-state index in [1.54, 1.807) is 0 Å². The smallest absolute Gasteiger partial charge is 0.398 e. The quantitative estimate of drug-likeness (QED) is 0.568. The second-order valence-electron chi connectivity index (χ2n) is 4.45. The lowest BCUT2D eigenvalue weighted by Crippen LogP contribution is -2.47. The number of nitrogens with one attached hydrogen (secondary N) is 2. The molecule has 2 rings (SSSR count). The average molecular weight is 287 g/mol. The number of nitrogens with two attached hydrogens (primary N) is 1. The van der Waals surface area contributed by atoms with Crippen molar-refractivity contribution in [3.8, 4) is 0 Å². The van der Waals surface area contributed by atoms with Crippen LogP contribution < -0.4 is 16.4 Å².